The minimum Gasteiger partial charge on any atom is -0.744 e. The molecular weight excluding hydrogens is 1710 g/mol. The van der Waals surface area contributed by atoms with Crippen LogP contribution >= 0.6 is 48.2 Å². The van der Waals surface area contributed by atoms with Gasteiger partial charge in [-0.25, -0.2) is 42.1 Å². The van der Waals surface area contributed by atoms with Crippen molar-refractivity contribution >= 4 is 187 Å². The third-order valence-corrected chi connectivity index (χ3v) is 19.5. The van der Waals surface area contributed by atoms with Crippen molar-refractivity contribution in [2.45, 2.75) is 44.1 Å². The summed E-state index contributed by atoms with van der Waals surface area (Å²) in [6.45, 7) is 0. The van der Waals surface area contributed by atoms with Gasteiger partial charge >= 0.3 is 266 Å². The molecule has 0 fully saturated rings. The zero-order valence-corrected chi connectivity index (χ0v) is 80.9. The third kappa shape index (κ3) is 26.3. The molecule has 10 aromatic rings. The van der Waals surface area contributed by atoms with E-state index in [2.05, 4.69) is 68.2 Å². The van der Waals surface area contributed by atoms with Crippen LogP contribution in [0, 0.1) is 0 Å². The topological polar surface area (TPSA) is 648 Å². The summed E-state index contributed by atoms with van der Waals surface area (Å²) in [5, 5.41) is 142. The molecule has 0 aliphatic rings. The van der Waals surface area contributed by atoms with Crippen molar-refractivity contribution < 1.29 is 420 Å². The van der Waals surface area contributed by atoms with E-state index in [9.17, 15) is 117 Å². The number of fused-ring (bicyclic) bond motifs is 5. The molecule has 0 aromatic heterocycles. The van der Waals surface area contributed by atoms with Crippen LogP contribution in [-0.4, -0.2) is 95.5 Å². The first-order valence-electron chi connectivity index (χ1n) is 24.9. The number of phenols is 6. The molecule has 10 aromatic carbocycles. The maximum absolute atomic E-state index is 12.6. The first-order chi connectivity index (χ1) is 46.1. The molecule has 0 unspecified atom stereocenters. The van der Waals surface area contributed by atoms with Gasteiger partial charge in [0.15, 0.2) is 23.0 Å². The zero-order valence-electron chi connectivity index (χ0n) is 55.5. The summed E-state index contributed by atoms with van der Waals surface area (Å²) in [7, 11) is -26.9. The Kier molecular flexibility index (Phi) is 46.3. The van der Waals surface area contributed by atoms with Crippen molar-refractivity contribution in [2.75, 3.05) is 0 Å². The van der Waals surface area contributed by atoms with Crippen LogP contribution in [-0.2, 0) is 88.1 Å². The molecule has 10 rings (SSSR count). The Morgan fingerprint density at radius 1 is 0.308 bits per heavy atom. The zero-order chi connectivity index (χ0) is 71.6. The van der Waals surface area contributed by atoms with Crippen molar-refractivity contribution in [1.82, 2.24) is 0 Å². The molecule has 0 spiro atoms. The minimum atomic E-state index is -5.75. The van der Waals surface area contributed by atoms with Crippen LogP contribution in [0.1, 0.15) is 0 Å². The predicted octanol–water partition coefficient (Wildman–Crippen LogP) is -20.9. The Bertz CT molecular complexity index is 5650. The summed E-state index contributed by atoms with van der Waals surface area (Å²) < 4.78 is 196. The molecule has 0 bridgehead atoms. The summed E-state index contributed by atoms with van der Waals surface area (Å²) in [5.41, 5.74) is -3.86. The van der Waals surface area contributed by atoms with Crippen LogP contribution in [0.5, 0.6) is 34.5 Å². The Morgan fingerprint density at radius 2 is 0.729 bits per heavy atom. The van der Waals surface area contributed by atoms with Crippen molar-refractivity contribution in [1.29, 1.82) is 0 Å². The largest absolute Gasteiger partial charge is 1.00 e. The van der Waals surface area contributed by atoms with Crippen LogP contribution in [0.2, 0.25) is 0 Å². The molecular formula is C50H25N6Na9O33S9. The van der Waals surface area contributed by atoms with E-state index in [-0.39, 0.29) is 332 Å². The van der Waals surface area contributed by atoms with Crippen LogP contribution < -0.4 is 287 Å². The van der Waals surface area contributed by atoms with E-state index >= 15 is 0 Å². The summed E-state index contributed by atoms with van der Waals surface area (Å²) in [4.78, 5) is -5.70. The van der Waals surface area contributed by atoms with Crippen LogP contribution in [0.4, 0.5) is 34.1 Å². The molecule has 107 heavy (non-hydrogen) atoms. The van der Waals surface area contributed by atoms with E-state index in [4.69, 9.17) is 0 Å². The van der Waals surface area contributed by atoms with Gasteiger partial charge in [0.2, 0.25) is 0 Å². The van der Waals surface area contributed by atoms with E-state index in [0.29, 0.717) is 64.0 Å². The fraction of sp³-hybridized carbons (Fsp3) is 0. The van der Waals surface area contributed by atoms with Gasteiger partial charge < -0.3 is 74.4 Å². The van der Waals surface area contributed by atoms with Gasteiger partial charge in [-0.05, 0) is 112 Å². The maximum atomic E-state index is 12.6. The molecule has 0 saturated carbocycles. The molecule has 0 aliphatic heterocycles. The van der Waals surface area contributed by atoms with Gasteiger partial charge in [-0.2, -0.15) is 17.3 Å². The van der Waals surface area contributed by atoms with Crippen molar-refractivity contribution in [3.8, 4) is 34.5 Å². The normalized spacial score (nSPS) is 11.7. The van der Waals surface area contributed by atoms with E-state index in [1.807, 2.05) is 0 Å². The predicted molar refractivity (Wildman–Crippen MR) is 314 cm³/mol. The molecule has 0 saturated heterocycles. The van der Waals surface area contributed by atoms with E-state index in [1.165, 1.54) is 12.1 Å². The molecule has 516 valence electrons. The van der Waals surface area contributed by atoms with Crippen molar-refractivity contribution in [3.05, 3.63) is 115 Å². The second-order valence-corrected chi connectivity index (χ2v) is 28.5. The number of benzene rings is 10. The monoisotopic (exact) mass is 1730 g/mol. The fourth-order valence-electron chi connectivity index (χ4n) is 9.08. The first kappa shape index (κ1) is 108. The molecule has 0 aliphatic carbocycles. The number of phenolic OH excluding ortho intramolecular Hbond substituents is 6. The second kappa shape index (κ2) is 46.1. The molecule has 0 heterocycles. The molecule has 0 amide bonds. The van der Waals surface area contributed by atoms with Crippen LogP contribution in [0.25, 0.3) is 53.9 Å². The molecule has 39 nitrogen and oxygen atoms in total. The Hall–Kier alpha value is 0.570. The maximum Gasteiger partial charge on any atom is 1.00 e. The summed E-state index contributed by atoms with van der Waals surface area (Å²) in [6, 6.07) is 20.7. The van der Waals surface area contributed by atoms with Gasteiger partial charge in [-0.1, -0.05) is 30.3 Å². The van der Waals surface area contributed by atoms with Crippen molar-refractivity contribution in [3.63, 3.8) is 0 Å². The average molecular weight is 1730 g/mol. The van der Waals surface area contributed by atoms with Gasteiger partial charge in [-0.15, -0.1) is 30.7 Å². The van der Waals surface area contributed by atoms with Crippen LogP contribution in [0.15, 0.2) is 190 Å². The van der Waals surface area contributed by atoms with E-state index in [1.54, 1.807) is 30.3 Å². The third-order valence-electron chi connectivity index (χ3n) is 13.0. The summed E-state index contributed by atoms with van der Waals surface area (Å²) >= 11 is 1.33. The van der Waals surface area contributed by atoms with Gasteiger partial charge in [0.1, 0.15) is 84.8 Å². The number of azo groups is 3. The van der Waals surface area contributed by atoms with Gasteiger partial charge in [0.05, 0.1) is 105 Å². The number of nitrogens with zero attached hydrogens (tertiary/aromatic N) is 6. The SMILES string of the molecule is O=S(=O)([O-])c1cc(O)c2c(N=Nc3c(S(=O)(=O)[O-])cc4cc(SOO[O-])cc(N=Nc5c(SOO[O-])cc6cc(SOO[O-])cc(O)c6c5O)c4c3O)c(O)c(S(=O)(=O)[O-])cc2c1.O=S(=O)([O-])c1ccc2c(N=Nc3ccc(SOO[O-])c4ccccc34)c(O)c(S(=O)(=O)[O-])cc2c1.[Na+].[Na+].[Na+].[Na+].[Na+].[Na+].[Na+].[Na+].[Na+]. The molecule has 57 heteroatoms. The molecule has 0 radical (unpaired) electrons. The minimum absolute atomic E-state index is 0. The number of hydrogen-bond acceptors (Lipinski definition) is 43. The van der Waals surface area contributed by atoms with Crippen molar-refractivity contribution in [2.24, 2.45) is 30.7 Å². The summed E-state index contributed by atoms with van der Waals surface area (Å²) in [6.07, 6.45) is 0. The second-order valence-electron chi connectivity index (χ2n) is 18.7. The molecule has 0 atom stereocenters. The number of aromatic hydroxyl groups is 6. The Morgan fingerprint density at radius 3 is 1.27 bits per heavy atom. The number of rotatable bonds is 23. The first-order valence-corrected chi connectivity index (χ1v) is 34.9. The van der Waals surface area contributed by atoms with E-state index < -0.39 is 160 Å². The molecule has 6 N–H and O–H groups in total. The van der Waals surface area contributed by atoms with E-state index in [0.717, 1.165) is 48.5 Å². The van der Waals surface area contributed by atoms with Gasteiger partial charge in [0.25, 0.3) is 0 Å². The van der Waals surface area contributed by atoms with Crippen LogP contribution in [0.3, 0.4) is 0 Å². The number of hydrogen-bond donors (Lipinski definition) is 6. The smallest absolute Gasteiger partial charge is 0.744 e. The standard InChI is InChI=1S/C30H20N4O23S6.C20H14N2O10S3.9Na/c35-17-8-14(59-56-53-41)1-10-4-19(60-57-54-42)25(30(39)24(10)17)32-31-16-7-13(58-55-52-40)2-11-5-20(62(46,47)48)26(29(38)22(11)16)33-34-27-23-12(6-21(28(27)37)63(49,50)51)3-15(9-18(23)36)61(43,44)45;23-20-18(35(28,29)30)10-11-9-12(34(25,26)27)5-6-13(11)19(20)22-21-16-7-8-17(33-32-31-24)15-4-2-1-3-14(15)16;;;;;;;;;/h1-9,35-42H,(H,43,44,45)(H,46,47,48)(H,49,50,51);1-10,23-24H,(H,25,26,27)(H,28,29,30);;;;;;;;;/q;;9*+1/p-9. The van der Waals surface area contributed by atoms with Gasteiger partial charge in [-0.3, -0.25) is 20.2 Å². The Balaban J connectivity index is 0.00000220. The average Bonchev–Trinajstić information content (AvgIpc) is 0.757. The Labute approximate surface area is 817 Å². The fourth-order valence-corrected chi connectivity index (χ4v) is 13.8. The van der Waals surface area contributed by atoms with Gasteiger partial charge in [0, 0.05) is 25.5 Å². The quantitative estimate of drug-likeness (QED) is 0.00865. The summed E-state index contributed by atoms with van der Waals surface area (Å²) in [5.74, 6) is -6.57.